The number of nitrogens with zero attached hydrogens (tertiary/aromatic N) is 2. The van der Waals surface area contributed by atoms with E-state index >= 15 is 0 Å². The Labute approximate surface area is 139 Å². The van der Waals surface area contributed by atoms with E-state index < -0.39 is 0 Å². The van der Waals surface area contributed by atoms with Crippen molar-refractivity contribution >= 4 is 17.9 Å². The van der Waals surface area contributed by atoms with E-state index in [2.05, 4.69) is 0 Å². The minimum atomic E-state index is -0.309. The van der Waals surface area contributed by atoms with Crippen LogP contribution in [0.3, 0.4) is 0 Å². The van der Waals surface area contributed by atoms with Crippen LogP contribution in [0.5, 0.6) is 0 Å². The molecule has 1 aromatic carbocycles. The van der Waals surface area contributed by atoms with Crippen molar-refractivity contribution in [2.75, 3.05) is 26.2 Å². The maximum atomic E-state index is 12.8. The van der Waals surface area contributed by atoms with Crippen LogP contribution >= 0.6 is 0 Å². The Balaban J connectivity index is 1.53. The summed E-state index contributed by atoms with van der Waals surface area (Å²) in [5.41, 5.74) is 0.761. The average molecular weight is 328 g/mol. The number of hydrogen-bond donors (Lipinski definition) is 0. The molecule has 0 saturated carbocycles. The molecule has 124 valence electrons. The van der Waals surface area contributed by atoms with Crippen molar-refractivity contribution in [3.63, 3.8) is 0 Å². The van der Waals surface area contributed by atoms with E-state index in [9.17, 15) is 14.0 Å². The molecule has 1 fully saturated rings. The molecule has 0 atom stereocenters. The first kappa shape index (κ1) is 16.0. The van der Waals surface area contributed by atoms with E-state index in [1.807, 2.05) is 0 Å². The van der Waals surface area contributed by atoms with Crippen LogP contribution in [-0.2, 0) is 4.79 Å². The molecule has 1 aromatic heterocycles. The molecular weight excluding hydrogens is 311 g/mol. The fourth-order valence-corrected chi connectivity index (χ4v) is 2.53. The Kier molecular flexibility index (Phi) is 4.74. The van der Waals surface area contributed by atoms with E-state index in [0.29, 0.717) is 31.9 Å². The maximum Gasteiger partial charge on any atom is 0.289 e. The summed E-state index contributed by atoms with van der Waals surface area (Å²) in [7, 11) is 0. The third-order valence-corrected chi connectivity index (χ3v) is 3.90. The molecule has 2 aromatic rings. The summed E-state index contributed by atoms with van der Waals surface area (Å²) in [5.74, 6) is -0.278. The number of furan rings is 1. The molecule has 3 rings (SSSR count). The second-order valence-corrected chi connectivity index (χ2v) is 5.48. The van der Waals surface area contributed by atoms with Gasteiger partial charge in [-0.05, 0) is 35.9 Å². The number of piperazine rings is 1. The molecule has 0 N–H and O–H groups in total. The molecule has 1 aliphatic heterocycles. The zero-order chi connectivity index (χ0) is 16.9. The predicted octanol–water partition coefficient (Wildman–Crippen LogP) is 2.42. The molecule has 1 saturated heterocycles. The molecular formula is C18H17FN2O3. The minimum absolute atomic E-state index is 0.121. The molecule has 0 unspecified atom stereocenters. The summed E-state index contributed by atoms with van der Waals surface area (Å²) in [5, 5.41) is 0. The summed E-state index contributed by atoms with van der Waals surface area (Å²) < 4.78 is 18.0. The second-order valence-electron chi connectivity index (χ2n) is 5.48. The van der Waals surface area contributed by atoms with Gasteiger partial charge in [0.05, 0.1) is 6.26 Å². The second kappa shape index (κ2) is 7.12. The number of benzene rings is 1. The summed E-state index contributed by atoms with van der Waals surface area (Å²) in [6, 6.07) is 9.23. The van der Waals surface area contributed by atoms with Crippen LogP contribution in [0.1, 0.15) is 16.1 Å². The van der Waals surface area contributed by atoms with Crippen molar-refractivity contribution in [1.29, 1.82) is 0 Å². The molecule has 2 amide bonds. The third kappa shape index (κ3) is 3.71. The number of rotatable bonds is 3. The largest absolute Gasteiger partial charge is 0.459 e. The monoisotopic (exact) mass is 328 g/mol. The first-order valence-corrected chi connectivity index (χ1v) is 7.69. The molecule has 0 aliphatic carbocycles. The van der Waals surface area contributed by atoms with Crippen LogP contribution in [0, 0.1) is 5.82 Å². The highest BCUT2D eigenvalue weighted by molar-refractivity contribution is 5.93. The summed E-state index contributed by atoms with van der Waals surface area (Å²) in [4.78, 5) is 27.7. The Hall–Kier alpha value is -2.89. The first-order valence-electron chi connectivity index (χ1n) is 7.69. The number of carbonyl (C=O) groups is 2. The zero-order valence-electron chi connectivity index (χ0n) is 13.0. The fourth-order valence-electron chi connectivity index (χ4n) is 2.53. The molecule has 0 spiro atoms. The number of halogens is 1. The maximum absolute atomic E-state index is 12.8. The van der Waals surface area contributed by atoms with Gasteiger partial charge in [0.25, 0.3) is 5.91 Å². The predicted molar refractivity (Wildman–Crippen MR) is 86.6 cm³/mol. The Morgan fingerprint density at radius 3 is 2.29 bits per heavy atom. The SMILES string of the molecule is O=C(/C=C/c1ccc(F)cc1)N1CCN(C(=O)c2ccco2)CC1. The lowest BCUT2D eigenvalue weighted by Gasteiger charge is -2.33. The quantitative estimate of drug-likeness (QED) is 0.813. The molecule has 24 heavy (non-hydrogen) atoms. The Morgan fingerprint density at radius 2 is 1.67 bits per heavy atom. The zero-order valence-corrected chi connectivity index (χ0v) is 13.0. The van der Waals surface area contributed by atoms with Gasteiger partial charge in [-0.3, -0.25) is 9.59 Å². The molecule has 0 radical (unpaired) electrons. The Bertz CT molecular complexity index is 730. The van der Waals surface area contributed by atoms with Crippen molar-refractivity contribution in [2.24, 2.45) is 0 Å². The van der Waals surface area contributed by atoms with Gasteiger partial charge in [-0.25, -0.2) is 4.39 Å². The van der Waals surface area contributed by atoms with Crippen LogP contribution in [0.15, 0.2) is 53.2 Å². The molecule has 5 nitrogen and oxygen atoms in total. The highest BCUT2D eigenvalue weighted by Gasteiger charge is 2.25. The number of hydrogen-bond acceptors (Lipinski definition) is 3. The fraction of sp³-hybridized carbons (Fsp3) is 0.222. The van der Waals surface area contributed by atoms with Crippen molar-refractivity contribution in [3.05, 3.63) is 65.9 Å². The van der Waals surface area contributed by atoms with Crippen molar-refractivity contribution in [1.82, 2.24) is 9.80 Å². The van der Waals surface area contributed by atoms with E-state index in [-0.39, 0.29) is 17.6 Å². The van der Waals surface area contributed by atoms with Gasteiger partial charge in [-0.1, -0.05) is 12.1 Å². The molecule has 0 bridgehead atoms. The lowest BCUT2D eigenvalue weighted by molar-refractivity contribution is -0.127. The average Bonchev–Trinajstić information content (AvgIpc) is 3.15. The number of amides is 2. The summed E-state index contributed by atoms with van der Waals surface area (Å²) in [6.45, 7) is 1.88. The van der Waals surface area contributed by atoms with Gasteiger partial charge < -0.3 is 14.2 Å². The topological polar surface area (TPSA) is 53.8 Å². The van der Waals surface area contributed by atoms with Gasteiger partial charge in [0, 0.05) is 32.3 Å². The highest BCUT2D eigenvalue weighted by Crippen LogP contribution is 2.10. The third-order valence-electron chi connectivity index (χ3n) is 3.90. The van der Waals surface area contributed by atoms with Gasteiger partial charge in [0.2, 0.25) is 5.91 Å². The Morgan fingerprint density at radius 1 is 1.00 bits per heavy atom. The van der Waals surface area contributed by atoms with Crippen molar-refractivity contribution < 1.29 is 18.4 Å². The normalized spacial score (nSPS) is 15.0. The number of carbonyl (C=O) groups excluding carboxylic acids is 2. The lowest BCUT2D eigenvalue weighted by atomic mass is 10.2. The smallest absolute Gasteiger partial charge is 0.289 e. The lowest BCUT2D eigenvalue weighted by Crippen LogP contribution is -2.50. The van der Waals surface area contributed by atoms with Gasteiger partial charge in [0.15, 0.2) is 5.76 Å². The van der Waals surface area contributed by atoms with Crippen molar-refractivity contribution in [2.45, 2.75) is 0 Å². The van der Waals surface area contributed by atoms with E-state index in [1.165, 1.54) is 24.5 Å². The van der Waals surface area contributed by atoms with Crippen LogP contribution in [0.4, 0.5) is 4.39 Å². The highest BCUT2D eigenvalue weighted by atomic mass is 19.1. The van der Waals surface area contributed by atoms with Crippen LogP contribution < -0.4 is 0 Å². The molecule has 1 aliphatic rings. The molecule has 6 heteroatoms. The standard InChI is InChI=1S/C18H17FN2O3/c19-15-6-3-14(4-7-15)5-8-17(22)20-9-11-21(12-10-20)18(23)16-2-1-13-24-16/h1-8,13H,9-12H2/b8-5+. The van der Waals surface area contributed by atoms with Gasteiger partial charge in [-0.15, -0.1) is 0 Å². The summed E-state index contributed by atoms with van der Waals surface area (Å²) >= 11 is 0. The van der Waals surface area contributed by atoms with Crippen LogP contribution in [-0.4, -0.2) is 47.8 Å². The summed E-state index contributed by atoms with van der Waals surface area (Å²) in [6.07, 6.45) is 4.59. The van der Waals surface area contributed by atoms with E-state index in [4.69, 9.17) is 4.42 Å². The molecule has 2 heterocycles. The first-order chi connectivity index (χ1) is 11.6. The van der Waals surface area contributed by atoms with E-state index in [0.717, 1.165) is 5.56 Å². The van der Waals surface area contributed by atoms with Crippen LogP contribution in [0.25, 0.3) is 6.08 Å². The van der Waals surface area contributed by atoms with Crippen LogP contribution in [0.2, 0.25) is 0 Å². The van der Waals surface area contributed by atoms with Gasteiger partial charge in [0.1, 0.15) is 5.82 Å². The van der Waals surface area contributed by atoms with Gasteiger partial charge in [-0.2, -0.15) is 0 Å². The van der Waals surface area contributed by atoms with E-state index in [1.54, 1.807) is 40.1 Å². The van der Waals surface area contributed by atoms with Crippen molar-refractivity contribution in [3.8, 4) is 0 Å². The van der Waals surface area contributed by atoms with Gasteiger partial charge >= 0.3 is 0 Å². The minimum Gasteiger partial charge on any atom is -0.459 e.